The fraction of sp³-hybridized carbons (Fsp3) is 0.286. The molecular weight excluding hydrogens is 282 g/mol. The first-order chi connectivity index (χ1) is 11.1. The molecule has 0 fully saturated rings. The molecule has 2 heteroatoms. The van der Waals surface area contributed by atoms with Crippen LogP contribution in [0.3, 0.4) is 0 Å². The molecule has 1 aromatic heterocycles. The Labute approximate surface area is 138 Å². The smallest absolute Gasteiger partial charge is 0.221 e. The number of fused-ring (bicyclic) bond motifs is 1. The second-order valence-electron chi connectivity index (χ2n) is 6.18. The summed E-state index contributed by atoms with van der Waals surface area (Å²) in [7, 11) is 0. The number of benzene rings is 2. The average Bonchev–Trinajstić information content (AvgIpc) is 2.55. The summed E-state index contributed by atoms with van der Waals surface area (Å²) in [5, 5.41) is 2.30. The summed E-state index contributed by atoms with van der Waals surface area (Å²) in [6, 6.07) is 17.0. The SMILES string of the molecule is CCOc1nc(C(C)C)c(-c2ccccc2)c2cc(C)ccc12. The van der Waals surface area contributed by atoms with Gasteiger partial charge in [-0.15, -0.1) is 0 Å². The third-order valence-electron chi connectivity index (χ3n) is 4.04. The summed E-state index contributed by atoms with van der Waals surface area (Å²) >= 11 is 0. The van der Waals surface area contributed by atoms with E-state index >= 15 is 0 Å². The Balaban J connectivity index is 2.42. The van der Waals surface area contributed by atoms with Crippen LogP contribution in [0.15, 0.2) is 48.5 Å². The van der Waals surface area contributed by atoms with Gasteiger partial charge >= 0.3 is 0 Å². The molecule has 0 spiro atoms. The maximum Gasteiger partial charge on any atom is 0.221 e. The highest BCUT2D eigenvalue weighted by Crippen LogP contribution is 2.38. The van der Waals surface area contributed by atoms with Gasteiger partial charge in [0.1, 0.15) is 0 Å². The average molecular weight is 305 g/mol. The number of hydrogen-bond donors (Lipinski definition) is 0. The molecule has 0 amide bonds. The van der Waals surface area contributed by atoms with Gasteiger partial charge in [-0.3, -0.25) is 0 Å². The van der Waals surface area contributed by atoms with Crippen LogP contribution in [0, 0.1) is 6.92 Å². The number of aryl methyl sites for hydroxylation is 1. The molecule has 0 N–H and O–H groups in total. The molecule has 0 radical (unpaired) electrons. The highest BCUT2D eigenvalue weighted by atomic mass is 16.5. The van der Waals surface area contributed by atoms with Crippen molar-refractivity contribution in [2.45, 2.75) is 33.6 Å². The lowest BCUT2D eigenvalue weighted by atomic mass is 9.92. The molecular formula is C21H23NO. The van der Waals surface area contributed by atoms with Crippen molar-refractivity contribution in [2.24, 2.45) is 0 Å². The second kappa shape index (κ2) is 6.41. The van der Waals surface area contributed by atoms with Crippen LogP contribution in [-0.4, -0.2) is 11.6 Å². The lowest BCUT2D eigenvalue weighted by Crippen LogP contribution is -2.03. The van der Waals surface area contributed by atoms with Crippen LogP contribution in [0.2, 0.25) is 0 Å². The van der Waals surface area contributed by atoms with Crippen LogP contribution in [0.4, 0.5) is 0 Å². The maximum absolute atomic E-state index is 5.83. The van der Waals surface area contributed by atoms with E-state index in [1.165, 1.54) is 22.1 Å². The maximum atomic E-state index is 5.83. The lowest BCUT2D eigenvalue weighted by Gasteiger charge is -2.18. The number of rotatable bonds is 4. The van der Waals surface area contributed by atoms with E-state index in [9.17, 15) is 0 Å². The molecule has 0 aliphatic rings. The van der Waals surface area contributed by atoms with Gasteiger partial charge in [-0.05, 0) is 36.8 Å². The van der Waals surface area contributed by atoms with E-state index in [1.54, 1.807) is 0 Å². The molecule has 0 aliphatic heterocycles. The molecule has 2 aromatic carbocycles. The van der Waals surface area contributed by atoms with Gasteiger partial charge in [-0.1, -0.05) is 61.9 Å². The van der Waals surface area contributed by atoms with Crippen LogP contribution in [0.25, 0.3) is 21.9 Å². The van der Waals surface area contributed by atoms with Crippen LogP contribution in [0.5, 0.6) is 5.88 Å². The van der Waals surface area contributed by atoms with Gasteiger partial charge in [0.05, 0.1) is 12.3 Å². The first-order valence-corrected chi connectivity index (χ1v) is 8.24. The summed E-state index contributed by atoms with van der Waals surface area (Å²) in [5.74, 6) is 1.07. The van der Waals surface area contributed by atoms with Crippen LogP contribution in [0.1, 0.15) is 37.9 Å². The summed E-state index contributed by atoms with van der Waals surface area (Å²) in [4.78, 5) is 4.87. The van der Waals surface area contributed by atoms with Crippen molar-refractivity contribution < 1.29 is 4.74 Å². The fourth-order valence-corrected chi connectivity index (χ4v) is 2.99. The molecule has 0 atom stereocenters. The predicted molar refractivity (Wildman–Crippen MR) is 97.2 cm³/mol. The second-order valence-corrected chi connectivity index (χ2v) is 6.18. The minimum atomic E-state index is 0.328. The molecule has 3 rings (SSSR count). The first-order valence-electron chi connectivity index (χ1n) is 8.24. The minimum absolute atomic E-state index is 0.328. The Morgan fingerprint density at radius 2 is 1.74 bits per heavy atom. The molecule has 0 saturated carbocycles. The lowest BCUT2D eigenvalue weighted by molar-refractivity contribution is 0.330. The van der Waals surface area contributed by atoms with Crippen molar-refractivity contribution in [2.75, 3.05) is 6.61 Å². The quantitative estimate of drug-likeness (QED) is 0.614. The van der Waals surface area contributed by atoms with Crippen LogP contribution in [-0.2, 0) is 0 Å². The fourth-order valence-electron chi connectivity index (χ4n) is 2.99. The van der Waals surface area contributed by atoms with Gasteiger partial charge < -0.3 is 4.74 Å². The van der Waals surface area contributed by atoms with Gasteiger partial charge in [0.15, 0.2) is 0 Å². The minimum Gasteiger partial charge on any atom is -0.478 e. The van der Waals surface area contributed by atoms with E-state index in [0.29, 0.717) is 12.5 Å². The summed E-state index contributed by atoms with van der Waals surface area (Å²) in [5.41, 5.74) is 4.78. The Hall–Kier alpha value is -2.35. The zero-order valence-corrected chi connectivity index (χ0v) is 14.3. The largest absolute Gasteiger partial charge is 0.478 e. The van der Waals surface area contributed by atoms with Crippen molar-refractivity contribution >= 4 is 10.8 Å². The van der Waals surface area contributed by atoms with Gasteiger partial charge in [0, 0.05) is 10.9 Å². The molecule has 2 nitrogen and oxygen atoms in total. The normalized spacial score (nSPS) is 11.2. The van der Waals surface area contributed by atoms with E-state index in [-0.39, 0.29) is 0 Å². The van der Waals surface area contributed by atoms with Crippen molar-refractivity contribution in [3.05, 3.63) is 59.8 Å². The number of ether oxygens (including phenoxy) is 1. The van der Waals surface area contributed by atoms with Crippen molar-refractivity contribution in [1.29, 1.82) is 0 Å². The Kier molecular flexibility index (Phi) is 4.33. The third kappa shape index (κ3) is 2.94. The molecule has 23 heavy (non-hydrogen) atoms. The van der Waals surface area contributed by atoms with Gasteiger partial charge in [0.2, 0.25) is 5.88 Å². The highest BCUT2D eigenvalue weighted by Gasteiger charge is 2.18. The van der Waals surface area contributed by atoms with Crippen molar-refractivity contribution in [1.82, 2.24) is 4.98 Å². The monoisotopic (exact) mass is 305 g/mol. The molecule has 0 saturated heterocycles. The van der Waals surface area contributed by atoms with Crippen LogP contribution < -0.4 is 4.74 Å². The summed E-state index contributed by atoms with van der Waals surface area (Å²) in [6.45, 7) is 9.13. The Morgan fingerprint density at radius 1 is 1.00 bits per heavy atom. The van der Waals surface area contributed by atoms with E-state index in [1.807, 2.05) is 13.0 Å². The van der Waals surface area contributed by atoms with Crippen molar-refractivity contribution in [3.8, 4) is 17.0 Å². The predicted octanol–water partition coefficient (Wildman–Crippen LogP) is 5.73. The van der Waals surface area contributed by atoms with E-state index in [4.69, 9.17) is 9.72 Å². The molecule has 118 valence electrons. The third-order valence-corrected chi connectivity index (χ3v) is 4.04. The zero-order valence-electron chi connectivity index (χ0n) is 14.3. The summed E-state index contributed by atoms with van der Waals surface area (Å²) < 4.78 is 5.83. The number of pyridine rings is 1. The van der Waals surface area contributed by atoms with Crippen LogP contribution >= 0.6 is 0 Å². The van der Waals surface area contributed by atoms with Gasteiger partial charge in [0.25, 0.3) is 0 Å². The van der Waals surface area contributed by atoms with E-state index in [2.05, 4.69) is 63.2 Å². The molecule has 1 heterocycles. The van der Waals surface area contributed by atoms with Gasteiger partial charge in [-0.25, -0.2) is 4.98 Å². The Bertz CT molecular complexity index is 822. The summed E-state index contributed by atoms with van der Waals surface area (Å²) in [6.07, 6.45) is 0. The molecule has 0 unspecified atom stereocenters. The molecule has 0 bridgehead atoms. The molecule has 0 aliphatic carbocycles. The Morgan fingerprint density at radius 3 is 2.39 bits per heavy atom. The zero-order chi connectivity index (χ0) is 16.4. The topological polar surface area (TPSA) is 22.1 Å². The van der Waals surface area contributed by atoms with Gasteiger partial charge in [-0.2, -0.15) is 0 Å². The number of aromatic nitrogens is 1. The number of nitrogens with zero attached hydrogens (tertiary/aromatic N) is 1. The highest BCUT2D eigenvalue weighted by molar-refractivity contribution is 6.00. The van der Waals surface area contributed by atoms with E-state index < -0.39 is 0 Å². The first kappa shape index (κ1) is 15.5. The molecule has 3 aromatic rings. The van der Waals surface area contributed by atoms with E-state index in [0.717, 1.165) is 17.0 Å². The number of hydrogen-bond acceptors (Lipinski definition) is 2. The standard InChI is InChI=1S/C21H23NO/c1-5-23-21-17-12-11-15(4)13-18(17)19(20(22-21)14(2)3)16-9-7-6-8-10-16/h6-14H,5H2,1-4H3. The van der Waals surface area contributed by atoms with Crippen molar-refractivity contribution in [3.63, 3.8) is 0 Å².